The Balaban J connectivity index is 2.15. The molecule has 1 aromatic heterocycles. The molecule has 0 amide bonds. The molecule has 0 aliphatic heterocycles. The normalized spacial score (nSPS) is 16.3. The maximum Gasteiger partial charge on any atom is 0.101 e. The average molecular weight is 146 g/mol. The number of aromatic nitrogens is 1. The van der Waals surface area contributed by atoms with Gasteiger partial charge in [0.1, 0.15) is 6.07 Å². The minimum absolute atomic E-state index is 0.817. The van der Waals surface area contributed by atoms with Gasteiger partial charge in [-0.2, -0.15) is 5.26 Å². The molecule has 1 aliphatic carbocycles. The maximum atomic E-state index is 8.67. The second kappa shape index (κ2) is 2.43. The first-order valence-corrected chi connectivity index (χ1v) is 3.96. The summed E-state index contributed by atoms with van der Waals surface area (Å²) in [7, 11) is 0. The Labute approximate surface area is 65.9 Å². The Morgan fingerprint density at radius 2 is 2.36 bits per heavy atom. The molecule has 0 unspecified atom stereocenters. The highest BCUT2D eigenvalue weighted by atomic mass is 14.6. The second-order valence-electron chi connectivity index (χ2n) is 3.15. The van der Waals surface area contributed by atoms with Gasteiger partial charge >= 0.3 is 0 Å². The summed E-state index contributed by atoms with van der Waals surface area (Å²) in [6.07, 6.45) is 7.49. The van der Waals surface area contributed by atoms with Gasteiger partial charge in [0.05, 0.1) is 5.56 Å². The van der Waals surface area contributed by atoms with Crippen LogP contribution in [0.4, 0.5) is 0 Å². The van der Waals surface area contributed by atoms with Crippen molar-refractivity contribution < 1.29 is 0 Å². The van der Waals surface area contributed by atoms with Crippen molar-refractivity contribution in [2.45, 2.75) is 19.3 Å². The molecule has 1 aliphatic rings. The van der Waals surface area contributed by atoms with Gasteiger partial charge in [-0.25, -0.2) is 0 Å². The Morgan fingerprint density at radius 3 is 3.00 bits per heavy atom. The fourth-order valence-corrected chi connectivity index (χ4v) is 1.30. The first-order chi connectivity index (χ1) is 5.40. The lowest BCUT2D eigenvalue weighted by Crippen LogP contribution is -1.86. The van der Waals surface area contributed by atoms with Gasteiger partial charge in [-0.05, 0) is 30.7 Å². The topological polar surface area (TPSA) is 39.6 Å². The molecule has 0 aromatic carbocycles. The number of hydrogen-bond acceptors (Lipinski definition) is 1. The van der Waals surface area contributed by atoms with Gasteiger partial charge in [0.25, 0.3) is 0 Å². The van der Waals surface area contributed by atoms with Gasteiger partial charge in [0.15, 0.2) is 0 Å². The van der Waals surface area contributed by atoms with Crippen LogP contribution in [-0.2, 0) is 6.42 Å². The van der Waals surface area contributed by atoms with Gasteiger partial charge in [0, 0.05) is 12.4 Å². The molecule has 11 heavy (non-hydrogen) atoms. The van der Waals surface area contributed by atoms with Crippen molar-refractivity contribution in [1.82, 2.24) is 4.98 Å². The van der Waals surface area contributed by atoms with Gasteiger partial charge < -0.3 is 4.98 Å². The summed E-state index contributed by atoms with van der Waals surface area (Å²) >= 11 is 0. The molecule has 1 saturated carbocycles. The maximum absolute atomic E-state index is 8.67. The van der Waals surface area contributed by atoms with Crippen molar-refractivity contribution in [1.29, 1.82) is 5.26 Å². The third-order valence-corrected chi connectivity index (χ3v) is 2.16. The SMILES string of the molecule is N#Cc1c[nH]cc1CC1CC1. The van der Waals surface area contributed by atoms with E-state index in [0.29, 0.717) is 0 Å². The van der Waals surface area contributed by atoms with Crippen molar-refractivity contribution in [2.75, 3.05) is 0 Å². The van der Waals surface area contributed by atoms with E-state index in [-0.39, 0.29) is 0 Å². The molecule has 1 aromatic rings. The molecule has 0 radical (unpaired) electrons. The summed E-state index contributed by atoms with van der Waals surface area (Å²) in [5.74, 6) is 0.859. The minimum Gasteiger partial charge on any atom is -0.366 e. The van der Waals surface area contributed by atoms with E-state index in [2.05, 4.69) is 11.1 Å². The molecule has 1 heterocycles. The predicted molar refractivity (Wildman–Crippen MR) is 41.9 cm³/mol. The van der Waals surface area contributed by atoms with Crippen LogP contribution in [0.3, 0.4) is 0 Å². The molecule has 0 atom stereocenters. The monoisotopic (exact) mass is 146 g/mol. The van der Waals surface area contributed by atoms with Crippen LogP contribution >= 0.6 is 0 Å². The van der Waals surface area contributed by atoms with Crippen molar-refractivity contribution in [3.63, 3.8) is 0 Å². The fraction of sp³-hybridized carbons (Fsp3) is 0.444. The second-order valence-corrected chi connectivity index (χ2v) is 3.15. The van der Waals surface area contributed by atoms with Crippen molar-refractivity contribution in [2.24, 2.45) is 5.92 Å². The zero-order valence-electron chi connectivity index (χ0n) is 6.30. The average Bonchev–Trinajstić information content (AvgIpc) is 2.68. The molecular weight excluding hydrogens is 136 g/mol. The molecule has 56 valence electrons. The zero-order valence-corrected chi connectivity index (χ0v) is 6.30. The van der Waals surface area contributed by atoms with Crippen LogP contribution in [0.25, 0.3) is 0 Å². The predicted octanol–water partition coefficient (Wildman–Crippen LogP) is 1.84. The highest BCUT2D eigenvalue weighted by Gasteiger charge is 2.22. The van der Waals surface area contributed by atoms with Crippen LogP contribution in [0.2, 0.25) is 0 Å². The molecule has 0 bridgehead atoms. The number of hydrogen-bond donors (Lipinski definition) is 1. The lowest BCUT2D eigenvalue weighted by atomic mass is 10.1. The van der Waals surface area contributed by atoms with E-state index in [0.717, 1.165) is 17.9 Å². The number of nitrogens with one attached hydrogen (secondary N) is 1. The third kappa shape index (κ3) is 1.27. The lowest BCUT2D eigenvalue weighted by Gasteiger charge is -1.92. The third-order valence-electron chi connectivity index (χ3n) is 2.16. The number of nitrogens with zero attached hydrogens (tertiary/aromatic N) is 1. The molecule has 1 N–H and O–H groups in total. The zero-order chi connectivity index (χ0) is 7.68. The van der Waals surface area contributed by atoms with E-state index >= 15 is 0 Å². The van der Waals surface area contributed by atoms with Crippen LogP contribution < -0.4 is 0 Å². The van der Waals surface area contributed by atoms with Gasteiger partial charge in [0.2, 0.25) is 0 Å². The van der Waals surface area contributed by atoms with Crippen molar-refractivity contribution >= 4 is 0 Å². The molecule has 2 heteroatoms. The first-order valence-electron chi connectivity index (χ1n) is 3.96. The van der Waals surface area contributed by atoms with Crippen LogP contribution in [0, 0.1) is 17.2 Å². The molecule has 0 spiro atoms. The van der Waals surface area contributed by atoms with Crippen LogP contribution in [0.1, 0.15) is 24.0 Å². The molecular formula is C9H10N2. The standard InChI is InChI=1S/C9H10N2/c10-4-9-6-11-5-8(9)3-7-1-2-7/h5-7,11H,1-3H2. The summed E-state index contributed by atoms with van der Waals surface area (Å²) in [6, 6.07) is 2.18. The first kappa shape index (κ1) is 6.48. The van der Waals surface area contributed by atoms with Crippen LogP contribution in [-0.4, -0.2) is 4.98 Å². The smallest absolute Gasteiger partial charge is 0.101 e. The van der Waals surface area contributed by atoms with E-state index in [4.69, 9.17) is 5.26 Å². The highest BCUT2D eigenvalue weighted by Crippen LogP contribution is 2.33. The highest BCUT2D eigenvalue weighted by molar-refractivity contribution is 5.35. The summed E-state index contributed by atoms with van der Waals surface area (Å²) < 4.78 is 0. The number of nitriles is 1. The Morgan fingerprint density at radius 1 is 1.55 bits per heavy atom. The van der Waals surface area contributed by atoms with E-state index in [1.54, 1.807) is 6.20 Å². The van der Waals surface area contributed by atoms with E-state index in [1.807, 2.05) is 6.20 Å². The lowest BCUT2D eigenvalue weighted by molar-refractivity contribution is 0.831. The Kier molecular flexibility index (Phi) is 1.43. The quantitative estimate of drug-likeness (QED) is 0.679. The molecule has 0 saturated heterocycles. The Hall–Kier alpha value is -1.23. The van der Waals surface area contributed by atoms with Gasteiger partial charge in [-0.3, -0.25) is 0 Å². The minimum atomic E-state index is 0.817. The summed E-state index contributed by atoms with van der Waals surface area (Å²) in [5, 5.41) is 8.67. The van der Waals surface area contributed by atoms with Crippen LogP contribution in [0.15, 0.2) is 12.4 Å². The van der Waals surface area contributed by atoms with Gasteiger partial charge in [-0.1, -0.05) is 0 Å². The summed E-state index contributed by atoms with van der Waals surface area (Å²) in [5.41, 5.74) is 2.01. The van der Waals surface area contributed by atoms with Crippen molar-refractivity contribution in [3.8, 4) is 6.07 Å². The number of rotatable bonds is 2. The Bertz CT molecular complexity index is 289. The molecule has 1 fully saturated rings. The molecule has 2 nitrogen and oxygen atoms in total. The van der Waals surface area contributed by atoms with E-state index in [9.17, 15) is 0 Å². The number of H-pyrrole nitrogens is 1. The van der Waals surface area contributed by atoms with E-state index in [1.165, 1.54) is 18.4 Å². The van der Waals surface area contributed by atoms with E-state index < -0.39 is 0 Å². The number of aromatic amines is 1. The summed E-state index contributed by atoms with van der Waals surface area (Å²) in [6.45, 7) is 0. The van der Waals surface area contributed by atoms with Crippen LogP contribution in [0.5, 0.6) is 0 Å². The largest absolute Gasteiger partial charge is 0.366 e. The van der Waals surface area contributed by atoms with Gasteiger partial charge in [-0.15, -0.1) is 0 Å². The summed E-state index contributed by atoms with van der Waals surface area (Å²) in [4.78, 5) is 2.96. The fourth-order valence-electron chi connectivity index (χ4n) is 1.30. The molecule has 2 rings (SSSR count). The van der Waals surface area contributed by atoms with Crippen molar-refractivity contribution in [3.05, 3.63) is 23.5 Å².